The van der Waals surface area contributed by atoms with Gasteiger partial charge in [-0.15, -0.1) is 0 Å². The highest BCUT2D eigenvalue weighted by atomic mass is 35.5. The first-order chi connectivity index (χ1) is 8.45. The molecule has 0 aliphatic rings. The average molecular weight is 275 g/mol. The zero-order chi connectivity index (χ0) is 13.7. The Hall–Kier alpha value is -1.14. The Morgan fingerprint density at radius 2 is 2.00 bits per heavy atom. The molecule has 2 unspecified atom stereocenters. The molecular weight excluding hydrogens is 260 g/mol. The fourth-order valence-corrected chi connectivity index (χ4v) is 1.82. The normalized spacial score (nSPS) is 14.2. The maximum atomic E-state index is 10.6. The third-order valence-corrected chi connectivity index (χ3v) is 2.90. The molecule has 1 aromatic rings. The van der Waals surface area contributed by atoms with E-state index in [2.05, 4.69) is 0 Å². The van der Waals surface area contributed by atoms with Crippen molar-refractivity contribution in [2.75, 3.05) is 6.61 Å². The molecule has 0 heterocycles. The van der Waals surface area contributed by atoms with Crippen LogP contribution in [0.5, 0.6) is 0 Å². The second kappa shape index (κ2) is 6.70. The van der Waals surface area contributed by atoms with Crippen LogP contribution in [0.1, 0.15) is 23.7 Å². The van der Waals surface area contributed by atoms with Crippen molar-refractivity contribution in [3.8, 4) is 0 Å². The Bertz CT molecular complexity index is 421. The van der Waals surface area contributed by atoms with Gasteiger partial charge in [0.25, 0.3) is 0 Å². The molecule has 0 saturated heterocycles. The topological polar surface area (TPSA) is 98.0 Å². The Labute approximate surface area is 109 Å². The van der Waals surface area contributed by atoms with Crippen LogP contribution in [0, 0.1) is 0 Å². The minimum atomic E-state index is -1.16. The molecule has 0 fully saturated rings. The summed E-state index contributed by atoms with van der Waals surface area (Å²) >= 11 is 5.89. The number of aliphatic carboxylic acids is 1. The lowest BCUT2D eigenvalue weighted by Crippen LogP contribution is -2.19. The van der Waals surface area contributed by atoms with Gasteiger partial charge in [-0.1, -0.05) is 23.7 Å². The summed E-state index contributed by atoms with van der Waals surface area (Å²) in [7, 11) is 0. The fraction of sp³-hybridized carbons (Fsp3) is 0.417. The van der Waals surface area contributed by atoms with Gasteiger partial charge < -0.3 is 20.4 Å². The quantitative estimate of drug-likeness (QED) is 0.613. The first-order valence-corrected chi connectivity index (χ1v) is 5.80. The van der Waals surface area contributed by atoms with Crippen molar-refractivity contribution in [1.82, 2.24) is 0 Å². The SMILES string of the molecule is O=C(O)Cc1ccc(C(O)C(O)CCO)cc1Cl. The largest absolute Gasteiger partial charge is 0.481 e. The van der Waals surface area contributed by atoms with E-state index >= 15 is 0 Å². The van der Waals surface area contributed by atoms with Crippen LogP contribution in [0.25, 0.3) is 0 Å². The molecule has 5 nitrogen and oxygen atoms in total. The van der Waals surface area contributed by atoms with E-state index in [4.69, 9.17) is 21.8 Å². The van der Waals surface area contributed by atoms with Crippen LogP contribution in [-0.4, -0.2) is 39.1 Å². The van der Waals surface area contributed by atoms with Gasteiger partial charge in [-0.3, -0.25) is 4.79 Å². The van der Waals surface area contributed by atoms with Gasteiger partial charge in [-0.2, -0.15) is 0 Å². The van der Waals surface area contributed by atoms with Gasteiger partial charge in [-0.05, 0) is 23.6 Å². The number of benzene rings is 1. The lowest BCUT2D eigenvalue weighted by Gasteiger charge is -2.18. The van der Waals surface area contributed by atoms with Crippen molar-refractivity contribution in [2.45, 2.75) is 25.0 Å². The predicted molar refractivity (Wildman–Crippen MR) is 65.5 cm³/mol. The fourth-order valence-electron chi connectivity index (χ4n) is 1.57. The van der Waals surface area contributed by atoms with Crippen molar-refractivity contribution in [1.29, 1.82) is 0 Å². The predicted octanol–water partition coefficient (Wildman–Crippen LogP) is 0.744. The summed E-state index contributed by atoms with van der Waals surface area (Å²) in [6, 6.07) is 4.43. The van der Waals surface area contributed by atoms with Crippen LogP contribution in [-0.2, 0) is 11.2 Å². The number of hydrogen-bond acceptors (Lipinski definition) is 4. The van der Waals surface area contributed by atoms with Crippen molar-refractivity contribution in [2.24, 2.45) is 0 Å². The number of carboxylic acid groups (broad SMARTS) is 1. The number of rotatable bonds is 6. The van der Waals surface area contributed by atoms with E-state index in [-0.39, 0.29) is 24.5 Å². The zero-order valence-electron chi connectivity index (χ0n) is 9.58. The van der Waals surface area contributed by atoms with Crippen LogP contribution in [0.2, 0.25) is 5.02 Å². The Kier molecular flexibility index (Phi) is 5.55. The molecule has 0 spiro atoms. The van der Waals surface area contributed by atoms with Crippen LogP contribution >= 0.6 is 11.6 Å². The highest BCUT2D eigenvalue weighted by Gasteiger charge is 2.19. The molecule has 4 N–H and O–H groups in total. The van der Waals surface area contributed by atoms with Gasteiger partial charge in [0, 0.05) is 11.6 Å². The summed E-state index contributed by atoms with van der Waals surface area (Å²) in [5.74, 6) is -0.995. The maximum absolute atomic E-state index is 10.6. The second-order valence-corrected chi connectivity index (χ2v) is 4.35. The summed E-state index contributed by atoms with van der Waals surface area (Å²) in [6.45, 7) is -0.233. The minimum absolute atomic E-state index is 0.0513. The monoisotopic (exact) mass is 274 g/mol. The van der Waals surface area contributed by atoms with E-state index in [0.717, 1.165) is 0 Å². The number of carbonyl (C=O) groups is 1. The summed E-state index contributed by atoms with van der Waals surface area (Å²) in [6.07, 6.45) is -2.39. The summed E-state index contributed by atoms with van der Waals surface area (Å²) in [4.78, 5) is 10.6. The third kappa shape index (κ3) is 3.96. The van der Waals surface area contributed by atoms with Crippen LogP contribution in [0.3, 0.4) is 0 Å². The number of aliphatic hydroxyl groups excluding tert-OH is 3. The second-order valence-electron chi connectivity index (χ2n) is 3.95. The lowest BCUT2D eigenvalue weighted by molar-refractivity contribution is -0.136. The molecule has 1 rings (SSSR count). The molecule has 0 radical (unpaired) electrons. The number of aliphatic hydroxyl groups is 3. The Morgan fingerprint density at radius 1 is 1.33 bits per heavy atom. The van der Waals surface area contributed by atoms with E-state index in [0.29, 0.717) is 11.1 Å². The first-order valence-electron chi connectivity index (χ1n) is 5.42. The average Bonchev–Trinajstić information content (AvgIpc) is 2.30. The summed E-state index contributed by atoms with van der Waals surface area (Å²) < 4.78 is 0. The van der Waals surface area contributed by atoms with E-state index < -0.39 is 18.2 Å². The van der Waals surface area contributed by atoms with Gasteiger partial charge in [0.1, 0.15) is 6.10 Å². The molecule has 0 saturated carbocycles. The zero-order valence-corrected chi connectivity index (χ0v) is 10.3. The number of carboxylic acids is 1. The van der Waals surface area contributed by atoms with Crippen LogP contribution in [0.15, 0.2) is 18.2 Å². The molecule has 0 aliphatic carbocycles. The molecule has 100 valence electrons. The smallest absolute Gasteiger partial charge is 0.307 e. The number of hydrogen-bond donors (Lipinski definition) is 4. The summed E-state index contributed by atoms with van der Waals surface area (Å²) in [5, 5.41) is 36.9. The molecule has 2 atom stereocenters. The van der Waals surface area contributed by atoms with E-state index in [1.165, 1.54) is 18.2 Å². The van der Waals surface area contributed by atoms with Crippen molar-refractivity contribution < 1.29 is 25.2 Å². The Morgan fingerprint density at radius 3 is 2.50 bits per heavy atom. The minimum Gasteiger partial charge on any atom is -0.481 e. The molecule has 0 aliphatic heterocycles. The molecule has 0 bridgehead atoms. The highest BCUT2D eigenvalue weighted by molar-refractivity contribution is 6.31. The highest BCUT2D eigenvalue weighted by Crippen LogP contribution is 2.25. The number of halogens is 1. The van der Waals surface area contributed by atoms with E-state index in [1.807, 2.05) is 0 Å². The van der Waals surface area contributed by atoms with Crippen molar-refractivity contribution in [3.63, 3.8) is 0 Å². The first kappa shape index (κ1) is 14.9. The van der Waals surface area contributed by atoms with Crippen LogP contribution in [0.4, 0.5) is 0 Å². The molecule has 1 aromatic carbocycles. The van der Waals surface area contributed by atoms with Gasteiger partial charge in [-0.25, -0.2) is 0 Å². The maximum Gasteiger partial charge on any atom is 0.307 e. The standard InChI is InChI=1S/C12H15ClO5/c13-9-5-8(12(18)10(15)3-4-14)2-1-7(9)6-11(16)17/h1-2,5,10,12,14-15,18H,3-4,6H2,(H,16,17). The van der Waals surface area contributed by atoms with Crippen LogP contribution < -0.4 is 0 Å². The molecule has 6 heteroatoms. The van der Waals surface area contributed by atoms with Gasteiger partial charge >= 0.3 is 5.97 Å². The van der Waals surface area contributed by atoms with E-state index in [1.54, 1.807) is 0 Å². The molecule has 18 heavy (non-hydrogen) atoms. The molecule has 0 amide bonds. The van der Waals surface area contributed by atoms with E-state index in [9.17, 15) is 15.0 Å². The van der Waals surface area contributed by atoms with Gasteiger partial charge in [0.2, 0.25) is 0 Å². The van der Waals surface area contributed by atoms with Crippen molar-refractivity contribution in [3.05, 3.63) is 34.3 Å². The summed E-state index contributed by atoms with van der Waals surface area (Å²) in [5.41, 5.74) is 0.826. The third-order valence-electron chi connectivity index (χ3n) is 2.55. The molecular formula is C12H15ClO5. The van der Waals surface area contributed by atoms with Crippen molar-refractivity contribution >= 4 is 17.6 Å². The van der Waals surface area contributed by atoms with Gasteiger partial charge in [0.05, 0.1) is 12.5 Å². The Balaban J connectivity index is 2.86. The lowest BCUT2D eigenvalue weighted by atomic mass is 10.00. The van der Waals surface area contributed by atoms with Gasteiger partial charge in [0.15, 0.2) is 0 Å². The molecule has 0 aromatic heterocycles.